The van der Waals surface area contributed by atoms with E-state index in [1.807, 2.05) is 0 Å². The molecule has 0 bridgehead atoms. The molecule has 0 aliphatic rings. The average Bonchev–Trinajstić information content (AvgIpc) is 2.12. The standard InChI is InChI=1S/C11H16O8/c1-2-3-10(18)19-11(4-7(12)13,5-8(14)15)6-9(16)17/h2-6H2,1H3,(H,12,13)(H,14,15)(H,16,17). The molecular formula is C11H16O8. The summed E-state index contributed by atoms with van der Waals surface area (Å²) in [4.78, 5) is 43.6. The summed E-state index contributed by atoms with van der Waals surface area (Å²) in [5.74, 6) is -5.13. The van der Waals surface area contributed by atoms with Crippen molar-refractivity contribution in [3.63, 3.8) is 0 Å². The van der Waals surface area contributed by atoms with Gasteiger partial charge in [0.15, 0.2) is 0 Å². The first-order valence-electron chi connectivity index (χ1n) is 5.58. The lowest BCUT2D eigenvalue weighted by Gasteiger charge is -2.29. The molecule has 0 unspecified atom stereocenters. The van der Waals surface area contributed by atoms with E-state index in [2.05, 4.69) is 0 Å². The van der Waals surface area contributed by atoms with Crippen molar-refractivity contribution in [2.75, 3.05) is 0 Å². The Hall–Kier alpha value is -2.12. The van der Waals surface area contributed by atoms with Crippen LogP contribution in [0.3, 0.4) is 0 Å². The number of carboxylic acid groups (broad SMARTS) is 3. The molecule has 0 heterocycles. The molecular weight excluding hydrogens is 260 g/mol. The van der Waals surface area contributed by atoms with E-state index in [1.165, 1.54) is 0 Å². The predicted molar refractivity (Wildman–Crippen MR) is 60.5 cm³/mol. The first-order valence-corrected chi connectivity index (χ1v) is 5.58. The van der Waals surface area contributed by atoms with Crippen LogP contribution in [-0.2, 0) is 23.9 Å². The van der Waals surface area contributed by atoms with Crippen LogP contribution in [0, 0.1) is 0 Å². The molecule has 3 N–H and O–H groups in total. The minimum atomic E-state index is -2.06. The Labute approximate surface area is 109 Å². The maximum absolute atomic E-state index is 11.4. The van der Waals surface area contributed by atoms with Gasteiger partial charge in [0.05, 0.1) is 19.3 Å². The van der Waals surface area contributed by atoms with Crippen molar-refractivity contribution in [3.05, 3.63) is 0 Å². The first kappa shape index (κ1) is 16.9. The molecule has 0 aromatic carbocycles. The zero-order valence-corrected chi connectivity index (χ0v) is 10.4. The van der Waals surface area contributed by atoms with Gasteiger partial charge in [0.1, 0.15) is 5.60 Å². The minimum Gasteiger partial charge on any atom is -0.481 e. The minimum absolute atomic E-state index is 0.0411. The lowest BCUT2D eigenvalue weighted by molar-refractivity contribution is -0.173. The van der Waals surface area contributed by atoms with E-state index in [4.69, 9.17) is 20.1 Å². The third-order valence-electron chi connectivity index (χ3n) is 2.20. The summed E-state index contributed by atoms with van der Waals surface area (Å²) in [5.41, 5.74) is -2.06. The number of hydrogen-bond acceptors (Lipinski definition) is 5. The van der Waals surface area contributed by atoms with Crippen molar-refractivity contribution in [3.8, 4) is 0 Å². The molecule has 0 spiro atoms. The summed E-state index contributed by atoms with van der Waals surface area (Å²) in [6.07, 6.45) is -2.24. The summed E-state index contributed by atoms with van der Waals surface area (Å²) in [6, 6.07) is 0. The number of rotatable bonds is 9. The molecule has 0 saturated carbocycles. The molecule has 0 saturated heterocycles. The number of aliphatic carboxylic acids is 3. The summed E-state index contributed by atoms with van der Waals surface area (Å²) < 4.78 is 4.83. The van der Waals surface area contributed by atoms with Crippen LogP contribution in [0.1, 0.15) is 39.0 Å². The quantitative estimate of drug-likeness (QED) is 0.517. The number of carbonyl (C=O) groups is 4. The van der Waals surface area contributed by atoms with Crippen LogP contribution in [0.15, 0.2) is 0 Å². The summed E-state index contributed by atoms with van der Waals surface area (Å²) >= 11 is 0. The van der Waals surface area contributed by atoms with Gasteiger partial charge < -0.3 is 20.1 Å². The van der Waals surface area contributed by atoms with Gasteiger partial charge in [-0.3, -0.25) is 19.2 Å². The summed E-state index contributed by atoms with van der Waals surface area (Å²) in [5, 5.41) is 26.2. The van der Waals surface area contributed by atoms with Crippen LogP contribution in [0.4, 0.5) is 0 Å². The fourth-order valence-corrected chi connectivity index (χ4v) is 1.62. The Morgan fingerprint density at radius 2 is 1.26 bits per heavy atom. The summed E-state index contributed by atoms with van der Waals surface area (Å²) in [7, 11) is 0. The second kappa shape index (κ2) is 7.34. The molecule has 108 valence electrons. The van der Waals surface area contributed by atoms with Crippen LogP contribution < -0.4 is 0 Å². The van der Waals surface area contributed by atoms with Crippen molar-refractivity contribution in [2.45, 2.75) is 44.6 Å². The zero-order valence-electron chi connectivity index (χ0n) is 10.4. The van der Waals surface area contributed by atoms with Crippen LogP contribution in [0.25, 0.3) is 0 Å². The van der Waals surface area contributed by atoms with Crippen LogP contribution in [-0.4, -0.2) is 44.8 Å². The lowest BCUT2D eigenvalue weighted by atomic mass is 9.91. The maximum atomic E-state index is 11.4. The van der Waals surface area contributed by atoms with Crippen LogP contribution in [0.5, 0.6) is 0 Å². The second-order valence-corrected chi connectivity index (χ2v) is 4.12. The van der Waals surface area contributed by atoms with Crippen molar-refractivity contribution >= 4 is 23.9 Å². The second-order valence-electron chi connectivity index (χ2n) is 4.12. The normalized spacial score (nSPS) is 10.8. The smallest absolute Gasteiger partial charge is 0.307 e. The topological polar surface area (TPSA) is 138 Å². The van der Waals surface area contributed by atoms with Gasteiger partial charge in [0.2, 0.25) is 0 Å². The molecule has 8 heteroatoms. The van der Waals surface area contributed by atoms with E-state index in [0.29, 0.717) is 6.42 Å². The fourth-order valence-electron chi connectivity index (χ4n) is 1.62. The van der Waals surface area contributed by atoms with E-state index in [0.717, 1.165) is 0 Å². The van der Waals surface area contributed by atoms with Crippen molar-refractivity contribution in [1.29, 1.82) is 0 Å². The molecule has 0 aromatic rings. The largest absolute Gasteiger partial charge is 0.481 e. The van der Waals surface area contributed by atoms with Crippen molar-refractivity contribution < 1.29 is 39.2 Å². The molecule has 0 atom stereocenters. The zero-order chi connectivity index (χ0) is 15.1. The third kappa shape index (κ3) is 7.02. The van der Waals surface area contributed by atoms with Gasteiger partial charge in [0, 0.05) is 6.42 Å². The molecule has 0 aromatic heterocycles. The monoisotopic (exact) mass is 276 g/mol. The number of hydrogen-bond donors (Lipinski definition) is 3. The molecule has 0 rings (SSSR count). The van der Waals surface area contributed by atoms with Gasteiger partial charge >= 0.3 is 23.9 Å². The highest BCUT2D eigenvalue weighted by atomic mass is 16.6. The Morgan fingerprint density at radius 1 is 0.895 bits per heavy atom. The first-order chi connectivity index (χ1) is 8.70. The Morgan fingerprint density at radius 3 is 1.53 bits per heavy atom. The highest BCUT2D eigenvalue weighted by molar-refractivity contribution is 5.79. The van der Waals surface area contributed by atoms with Crippen molar-refractivity contribution in [1.82, 2.24) is 0 Å². The molecule has 8 nitrogen and oxygen atoms in total. The third-order valence-corrected chi connectivity index (χ3v) is 2.20. The Bertz CT molecular complexity index is 332. The fraction of sp³-hybridized carbons (Fsp3) is 0.636. The van der Waals surface area contributed by atoms with E-state index in [1.54, 1.807) is 6.92 Å². The Balaban J connectivity index is 5.20. The SMILES string of the molecule is CCCC(=O)OC(CC(=O)O)(CC(=O)O)CC(=O)O. The molecule has 0 fully saturated rings. The molecule has 0 amide bonds. The number of carbonyl (C=O) groups excluding carboxylic acids is 1. The number of ether oxygens (including phenoxy) is 1. The molecule has 19 heavy (non-hydrogen) atoms. The molecule has 0 aliphatic carbocycles. The number of carboxylic acids is 3. The average molecular weight is 276 g/mol. The van der Waals surface area contributed by atoms with E-state index in [-0.39, 0.29) is 6.42 Å². The van der Waals surface area contributed by atoms with E-state index in [9.17, 15) is 19.2 Å². The Kier molecular flexibility index (Phi) is 6.53. The maximum Gasteiger partial charge on any atom is 0.307 e. The van der Waals surface area contributed by atoms with Crippen LogP contribution in [0.2, 0.25) is 0 Å². The van der Waals surface area contributed by atoms with Crippen LogP contribution >= 0.6 is 0 Å². The van der Waals surface area contributed by atoms with E-state index >= 15 is 0 Å². The van der Waals surface area contributed by atoms with Gasteiger partial charge in [-0.15, -0.1) is 0 Å². The highest BCUT2D eigenvalue weighted by Gasteiger charge is 2.41. The highest BCUT2D eigenvalue weighted by Crippen LogP contribution is 2.26. The summed E-state index contributed by atoms with van der Waals surface area (Å²) in [6.45, 7) is 1.68. The number of esters is 1. The van der Waals surface area contributed by atoms with Gasteiger partial charge in [-0.2, -0.15) is 0 Å². The van der Waals surface area contributed by atoms with Gasteiger partial charge in [0.25, 0.3) is 0 Å². The van der Waals surface area contributed by atoms with E-state index < -0.39 is 48.7 Å². The molecule has 0 aliphatic heterocycles. The van der Waals surface area contributed by atoms with Crippen molar-refractivity contribution in [2.24, 2.45) is 0 Å². The molecule has 0 radical (unpaired) electrons. The van der Waals surface area contributed by atoms with Gasteiger partial charge in [-0.1, -0.05) is 6.92 Å². The predicted octanol–water partition coefficient (Wildman–Crippen LogP) is 0.493. The van der Waals surface area contributed by atoms with Gasteiger partial charge in [-0.05, 0) is 6.42 Å². The van der Waals surface area contributed by atoms with Gasteiger partial charge in [-0.25, -0.2) is 0 Å². The lowest BCUT2D eigenvalue weighted by Crippen LogP contribution is -2.41.